The van der Waals surface area contributed by atoms with E-state index in [0.29, 0.717) is 12.4 Å². The standard InChI is InChI=1S/C22H22N8O/c1-15-7-8-17-18(27-15)5-2-6-19(17)28-22(31)16-4-3-9-29(11-16)20-10-21(25-13-24-20)30-14-23-12-26-30/h2,5-8,10,12-14,16H,3-4,9,11H2,1H3,(H,28,31). The zero-order chi connectivity index (χ0) is 21.2. The molecule has 1 fully saturated rings. The molecule has 1 aliphatic heterocycles. The van der Waals surface area contributed by atoms with Crippen LogP contribution >= 0.6 is 0 Å². The van der Waals surface area contributed by atoms with Gasteiger partial charge in [-0.1, -0.05) is 6.07 Å². The number of aryl methyl sites for hydroxylation is 1. The molecular formula is C22H22N8O. The summed E-state index contributed by atoms with van der Waals surface area (Å²) in [6, 6.07) is 11.6. The summed E-state index contributed by atoms with van der Waals surface area (Å²) >= 11 is 0. The van der Waals surface area contributed by atoms with Gasteiger partial charge in [0.1, 0.15) is 24.8 Å². The number of nitrogens with one attached hydrogen (secondary N) is 1. The minimum absolute atomic E-state index is 0.0170. The molecule has 0 aliphatic carbocycles. The van der Waals surface area contributed by atoms with Gasteiger partial charge in [0, 0.05) is 30.2 Å². The third kappa shape index (κ3) is 3.94. The Morgan fingerprint density at radius 1 is 1.13 bits per heavy atom. The van der Waals surface area contributed by atoms with Crippen molar-refractivity contribution in [3.63, 3.8) is 0 Å². The van der Waals surface area contributed by atoms with Gasteiger partial charge < -0.3 is 10.2 Å². The summed E-state index contributed by atoms with van der Waals surface area (Å²) in [5.74, 6) is 1.31. The second-order valence-corrected chi connectivity index (χ2v) is 7.67. The number of hydrogen-bond donors (Lipinski definition) is 1. The summed E-state index contributed by atoms with van der Waals surface area (Å²) < 4.78 is 1.59. The first kappa shape index (κ1) is 19.1. The number of rotatable bonds is 4. The van der Waals surface area contributed by atoms with Crippen molar-refractivity contribution in [2.45, 2.75) is 19.8 Å². The fourth-order valence-corrected chi connectivity index (χ4v) is 3.96. The molecule has 1 saturated heterocycles. The predicted octanol–water partition coefficient (Wildman–Crippen LogP) is 2.77. The van der Waals surface area contributed by atoms with Crippen LogP contribution in [-0.2, 0) is 4.79 Å². The maximum Gasteiger partial charge on any atom is 0.229 e. The summed E-state index contributed by atoms with van der Waals surface area (Å²) in [5, 5.41) is 8.19. The van der Waals surface area contributed by atoms with Crippen molar-refractivity contribution in [3.8, 4) is 5.82 Å². The molecule has 0 spiro atoms. The maximum atomic E-state index is 13.1. The van der Waals surface area contributed by atoms with E-state index in [0.717, 1.165) is 47.5 Å². The number of benzene rings is 1. The van der Waals surface area contributed by atoms with Gasteiger partial charge in [0.15, 0.2) is 5.82 Å². The molecule has 0 saturated carbocycles. The second kappa shape index (κ2) is 8.10. The van der Waals surface area contributed by atoms with Crippen LogP contribution in [0.5, 0.6) is 0 Å². The van der Waals surface area contributed by atoms with E-state index in [-0.39, 0.29) is 11.8 Å². The maximum absolute atomic E-state index is 13.1. The Labute approximate surface area is 179 Å². The average Bonchev–Trinajstić information content (AvgIpc) is 3.34. The quantitative estimate of drug-likeness (QED) is 0.548. The summed E-state index contributed by atoms with van der Waals surface area (Å²) in [5.41, 5.74) is 2.63. The molecule has 3 aromatic heterocycles. The van der Waals surface area contributed by atoms with Crippen LogP contribution in [0.15, 0.2) is 55.4 Å². The number of amides is 1. The molecule has 1 aromatic carbocycles. The minimum Gasteiger partial charge on any atom is -0.356 e. The molecule has 4 aromatic rings. The van der Waals surface area contributed by atoms with Crippen LogP contribution in [0, 0.1) is 12.8 Å². The minimum atomic E-state index is -0.132. The number of hydrogen-bond acceptors (Lipinski definition) is 7. The fourth-order valence-electron chi connectivity index (χ4n) is 3.96. The number of nitrogens with zero attached hydrogens (tertiary/aromatic N) is 7. The monoisotopic (exact) mass is 414 g/mol. The van der Waals surface area contributed by atoms with Crippen molar-refractivity contribution in [1.29, 1.82) is 0 Å². The molecule has 5 rings (SSSR count). The Balaban J connectivity index is 1.33. The number of pyridine rings is 1. The Hall–Kier alpha value is -3.88. The molecule has 1 unspecified atom stereocenters. The summed E-state index contributed by atoms with van der Waals surface area (Å²) in [6.07, 6.45) is 6.33. The summed E-state index contributed by atoms with van der Waals surface area (Å²) in [4.78, 5) is 32.4. The molecule has 0 bridgehead atoms. The zero-order valence-electron chi connectivity index (χ0n) is 17.1. The third-order valence-corrected chi connectivity index (χ3v) is 5.54. The fraction of sp³-hybridized carbons (Fsp3) is 0.273. The molecule has 31 heavy (non-hydrogen) atoms. The van der Waals surface area contributed by atoms with Gasteiger partial charge >= 0.3 is 0 Å². The smallest absolute Gasteiger partial charge is 0.229 e. The summed E-state index contributed by atoms with van der Waals surface area (Å²) in [6.45, 7) is 3.40. The predicted molar refractivity (Wildman–Crippen MR) is 117 cm³/mol. The second-order valence-electron chi connectivity index (χ2n) is 7.67. The Kier molecular flexibility index (Phi) is 4.99. The van der Waals surface area contributed by atoms with Crippen molar-refractivity contribution in [2.24, 2.45) is 5.92 Å². The lowest BCUT2D eigenvalue weighted by Gasteiger charge is -2.33. The Morgan fingerprint density at radius 3 is 2.90 bits per heavy atom. The Morgan fingerprint density at radius 2 is 2.03 bits per heavy atom. The number of piperidine rings is 1. The van der Waals surface area contributed by atoms with Crippen molar-refractivity contribution in [2.75, 3.05) is 23.3 Å². The highest BCUT2D eigenvalue weighted by molar-refractivity contribution is 6.02. The van der Waals surface area contributed by atoms with Crippen LogP contribution in [0.1, 0.15) is 18.5 Å². The average molecular weight is 414 g/mol. The normalized spacial score (nSPS) is 16.4. The van der Waals surface area contributed by atoms with Gasteiger partial charge in [-0.05, 0) is 44.0 Å². The van der Waals surface area contributed by atoms with E-state index in [1.165, 1.54) is 12.7 Å². The molecule has 1 N–H and O–H groups in total. The number of carbonyl (C=O) groups excluding carboxylic acids is 1. The summed E-state index contributed by atoms with van der Waals surface area (Å²) in [7, 11) is 0. The topological polar surface area (TPSA) is 102 Å². The van der Waals surface area contributed by atoms with E-state index in [2.05, 4.69) is 35.3 Å². The molecule has 4 heterocycles. The van der Waals surface area contributed by atoms with Gasteiger partial charge in [-0.3, -0.25) is 9.78 Å². The van der Waals surface area contributed by atoms with Crippen LogP contribution in [-0.4, -0.2) is 48.7 Å². The molecule has 1 aliphatic rings. The number of anilines is 2. The van der Waals surface area contributed by atoms with Gasteiger partial charge in [-0.15, -0.1) is 0 Å². The molecule has 156 valence electrons. The van der Waals surface area contributed by atoms with Crippen molar-refractivity contribution in [1.82, 2.24) is 29.7 Å². The van der Waals surface area contributed by atoms with E-state index in [1.807, 2.05) is 43.3 Å². The first-order valence-electron chi connectivity index (χ1n) is 10.3. The van der Waals surface area contributed by atoms with Crippen molar-refractivity contribution in [3.05, 3.63) is 61.1 Å². The van der Waals surface area contributed by atoms with Crippen molar-refractivity contribution < 1.29 is 4.79 Å². The van der Waals surface area contributed by atoms with Crippen LogP contribution < -0.4 is 10.2 Å². The lowest BCUT2D eigenvalue weighted by Crippen LogP contribution is -2.41. The lowest BCUT2D eigenvalue weighted by molar-refractivity contribution is -0.120. The van der Waals surface area contributed by atoms with Crippen molar-refractivity contribution >= 4 is 28.3 Å². The van der Waals surface area contributed by atoms with Gasteiger partial charge in [-0.25, -0.2) is 19.6 Å². The van der Waals surface area contributed by atoms with Gasteiger partial charge in [0.2, 0.25) is 5.91 Å². The van der Waals surface area contributed by atoms with E-state index >= 15 is 0 Å². The van der Waals surface area contributed by atoms with Gasteiger partial charge in [-0.2, -0.15) is 5.10 Å². The molecule has 9 nitrogen and oxygen atoms in total. The van der Waals surface area contributed by atoms with Gasteiger partial charge in [0.25, 0.3) is 0 Å². The third-order valence-electron chi connectivity index (χ3n) is 5.54. The van der Waals surface area contributed by atoms with E-state index in [4.69, 9.17) is 0 Å². The molecule has 1 amide bonds. The molecular weight excluding hydrogens is 392 g/mol. The van der Waals surface area contributed by atoms with Crippen LogP contribution in [0.3, 0.4) is 0 Å². The van der Waals surface area contributed by atoms with Crippen LogP contribution in [0.2, 0.25) is 0 Å². The van der Waals surface area contributed by atoms with E-state index in [1.54, 1.807) is 11.0 Å². The van der Waals surface area contributed by atoms with Crippen LogP contribution in [0.25, 0.3) is 16.7 Å². The SMILES string of the molecule is Cc1ccc2c(NC(=O)C3CCCN(c4cc(-n5cncn5)ncn4)C3)cccc2n1. The highest BCUT2D eigenvalue weighted by atomic mass is 16.1. The lowest BCUT2D eigenvalue weighted by atomic mass is 9.97. The van der Waals surface area contributed by atoms with E-state index < -0.39 is 0 Å². The van der Waals surface area contributed by atoms with Crippen LogP contribution in [0.4, 0.5) is 11.5 Å². The first-order chi connectivity index (χ1) is 15.2. The Bertz CT molecular complexity index is 1220. The largest absolute Gasteiger partial charge is 0.356 e. The van der Waals surface area contributed by atoms with Gasteiger partial charge in [0.05, 0.1) is 17.1 Å². The zero-order valence-corrected chi connectivity index (χ0v) is 17.1. The highest BCUT2D eigenvalue weighted by Gasteiger charge is 2.27. The number of aromatic nitrogens is 6. The molecule has 0 radical (unpaired) electrons. The first-order valence-corrected chi connectivity index (χ1v) is 10.3. The number of fused-ring (bicyclic) bond motifs is 1. The molecule has 1 atom stereocenters. The van der Waals surface area contributed by atoms with E-state index in [9.17, 15) is 4.79 Å². The highest BCUT2D eigenvalue weighted by Crippen LogP contribution is 2.26. The molecule has 9 heteroatoms. The number of carbonyl (C=O) groups is 1.